The number of nitrogens with one attached hydrogen (secondary N) is 1. The molecule has 0 bridgehead atoms. The van der Waals surface area contributed by atoms with E-state index < -0.39 is 0 Å². The van der Waals surface area contributed by atoms with Gasteiger partial charge in [-0.3, -0.25) is 4.79 Å². The molecule has 0 spiro atoms. The fraction of sp³-hybridized carbons (Fsp3) is 0.0588. The Bertz CT molecular complexity index is 1050. The summed E-state index contributed by atoms with van der Waals surface area (Å²) in [5.74, 6) is 0.746. The zero-order chi connectivity index (χ0) is 15.1. The van der Waals surface area contributed by atoms with Crippen LogP contribution in [0.25, 0.3) is 27.5 Å². The van der Waals surface area contributed by atoms with E-state index in [-0.39, 0.29) is 5.56 Å². The molecule has 1 N–H and O–H groups in total. The third kappa shape index (κ3) is 1.87. The molecule has 22 heavy (non-hydrogen) atoms. The van der Waals surface area contributed by atoms with Crippen molar-refractivity contribution >= 4 is 21.8 Å². The van der Waals surface area contributed by atoms with Gasteiger partial charge in [0.15, 0.2) is 0 Å². The Hall–Kier alpha value is -3.08. The maximum atomic E-state index is 12.2. The summed E-state index contributed by atoms with van der Waals surface area (Å²) < 4.78 is 6.94. The Balaban J connectivity index is 2.02. The van der Waals surface area contributed by atoms with Crippen molar-refractivity contribution in [1.82, 2.24) is 14.8 Å². The summed E-state index contributed by atoms with van der Waals surface area (Å²) in [6, 6.07) is 15.2. The summed E-state index contributed by atoms with van der Waals surface area (Å²) in [6.07, 6.45) is 1.75. The normalized spacial score (nSPS) is 11.1. The van der Waals surface area contributed by atoms with Crippen LogP contribution in [0.2, 0.25) is 0 Å². The van der Waals surface area contributed by atoms with Gasteiger partial charge in [-0.2, -0.15) is 5.10 Å². The van der Waals surface area contributed by atoms with E-state index in [2.05, 4.69) is 10.1 Å². The topological polar surface area (TPSA) is 59.9 Å². The molecule has 0 saturated carbocycles. The molecule has 0 saturated heterocycles. The Morgan fingerprint density at radius 2 is 1.95 bits per heavy atom. The van der Waals surface area contributed by atoms with Crippen molar-refractivity contribution < 1.29 is 4.74 Å². The second-order valence-corrected chi connectivity index (χ2v) is 5.04. The number of para-hydroxylation sites is 1. The molecule has 0 unspecified atom stereocenters. The van der Waals surface area contributed by atoms with E-state index in [9.17, 15) is 4.79 Å². The van der Waals surface area contributed by atoms with Crippen molar-refractivity contribution in [2.24, 2.45) is 0 Å². The van der Waals surface area contributed by atoms with Crippen LogP contribution in [0.15, 0.2) is 59.5 Å². The van der Waals surface area contributed by atoms with Crippen molar-refractivity contribution in [3.05, 3.63) is 65.1 Å². The fourth-order valence-electron chi connectivity index (χ4n) is 2.61. The first kappa shape index (κ1) is 12.6. The number of methoxy groups -OCH3 is 1. The molecule has 0 fully saturated rings. The molecule has 0 amide bonds. The van der Waals surface area contributed by atoms with Gasteiger partial charge < -0.3 is 9.72 Å². The SMILES string of the molecule is COc1cccc(-n2cc3c(=O)[nH]c4ccccc4c3n2)c1. The van der Waals surface area contributed by atoms with Gasteiger partial charge in [0.2, 0.25) is 0 Å². The molecule has 2 heterocycles. The smallest absolute Gasteiger partial charge is 0.259 e. The van der Waals surface area contributed by atoms with Gasteiger partial charge in [0.05, 0.1) is 23.7 Å². The molecule has 2 aromatic carbocycles. The minimum absolute atomic E-state index is 0.136. The Kier molecular flexibility index (Phi) is 2.72. The third-order valence-electron chi connectivity index (χ3n) is 3.71. The molecular weight excluding hydrogens is 278 g/mol. The first-order valence-electron chi connectivity index (χ1n) is 6.91. The summed E-state index contributed by atoms with van der Waals surface area (Å²) in [4.78, 5) is 15.1. The molecule has 4 aromatic rings. The molecule has 4 rings (SSSR count). The summed E-state index contributed by atoms with van der Waals surface area (Å²) in [5.41, 5.74) is 2.19. The minimum atomic E-state index is -0.136. The number of rotatable bonds is 2. The molecular formula is C17H13N3O2. The first-order chi connectivity index (χ1) is 10.8. The first-order valence-corrected chi connectivity index (χ1v) is 6.91. The van der Waals surface area contributed by atoms with E-state index in [1.165, 1.54) is 0 Å². The highest BCUT2D eigenvalue weighted by Crippen LogP contribution is 2.22. The number of ether oxygens (including phenoxy) is 1. The molecule has 5 nitrogen and oxygen atoms in total. The van der Waals surface area contributed by atoms with E-state index in [0.29, 0.717) is 10.9 Å². The maximum Gasteiger partial charge on any atom is 0.259 e. The molecule has 108 valence electrons. The summed E-state index contributed by atoms with van der Waals surface area (Å²) in [6.45, 7) is 0. The van der Waals surface area contributed by atoms with Gasteiger partial charge in [-0.05, 0) is 18.2 Å². The Morgan fingerprint density at radius 1 is 1.09 bits per heavy atom. The van der Waals surface area contributed by atoms with Crippen LogP contribution in [0.3, 0.4) is 0 Å². The predicted octanol–water partition coefficient (Wildman–Crippen LogP) is 2.88. The van der Waals surface area contributed by atoms with Gasteiger partial charge in [-0.25, -0.2) is 4.68 Å². The summed E-state index contributed by atoms with van der Waals surface area (Å²) in [5, 5.41) is 6.09. The predicted molar refractivity (Wildman–Crippen MR) is 85.7 cm³/mol. The average Bonchev–Trinajstić information content (AvgIpc) is 3.01. The molecule has 0 aliphatic carbocycles. The van der Waals surface area contributed by atoms with Crippen molar-refractivity contribution in [2.45, 2.75) is 0 Å². The van der Waals surface area contributed by atoms with Gasteiger partial charge >= 0.3 is 0 Å². The van der Waals surface area contributed by atoms with Crippen molar-refractivity contribution in [3.8, 4) is 11.4 Å². The van der Waals surface area contributed by atoms with Gasteiger partial charge in [0.25, 0.3) is 5.56 Å². The number of benzene rings is 2. The van der Waals surface area contributed by atoms with Crippen molar-refractivity contribution in [2.75, 3.05) is 7.11 Å². The van der Waals surface area contributed by atoms with Crippen molar-refractivity contribution in [1.29, 1.82) is 0 Å². The second-order valence-electron chi connectivity index (χ2n) is 5.04. The summed E-state index contributed by atoms with van der Waals surface area (Å²) >= 11 is 0. The molecule has 2 aromatic heterocycles. The molecule has 5 heteroatoms. The highest BCUT2D eigenvalue weighted by atomic mass is 16.5. The lowest BCUT2D eigenvalue weighted by molar-refractivity contribution is 0.414. The van der Waals surface area contributed by atoms with E-state index in [1.807, 2.05) is 48.5 Å². The van der Waals surface area contributed by atoms with Gasteiger partial charge in [0, 0.05) is 17.6 Å². The minimum Gasteiger partial charge on any atom is -0.497 e. The molecule has 0 radical (unpaired) electrons. The van der Waals surface area contributed by atoms with Crippen LogP contribution in [0, 0.1) is 0 Å². The van der Waals surface area contributed by atoms with E-state index >= 15 is 0 Å². The Morgan fingerprint density at radius 3 is 2.82 bits per heavy atom. The lowest BCUT2D eigenvalue weighted by Crippen LogP contribution is -2.04. The van der Waals surface area contributed by atoms with E-state index in [1.54, 1.807) is 18.0 Å². The number of hydrogen-bond acceptors (Lipinski definition) is 3. The van der Waals surface area contributed by atoms with Crippen LogP contribution in [0.4, 0.5) is 0 Å². The highest BCUT2D eigenvalue weighted by molar-refractivity contribution is 6.02. The standard InChI is InChI=1S/C17H13N3O2/c1-22-12-6-4-5-11(9-12)20-10-14-16(19-20)13-7-2-3-8-15(13)18-17(14)21/h2-10H,1H3,(H,18,21). The molecule has 0 atom stereocenters. The monoisotopic (exact) mass is 291 g/mol. The number of H-pyrrole nitrogens is 1. The largest absolute Gasteiger partial charge is 0.497 e. The van der Waals surface area contributed by atoms with Crippen LogP contribution in [-0.2, 0) is 0 Å². The number of pyridine rings is 1. The van der Waals surface area contributed by atoms with Crippen LogP contribution in [-0.4, -0.2) is 21.9 Å². The quantitative estimate of drug-likeness (QED) is 0.618. The van der Waals surface area contributed by atoms with Gasteiger partial charge in [-0.1, -0.05) is 24.3 Å². The number of nitrogens with zero attached hydrogens (tertiary/aromatic N) is 2. The highest BCUT2D eigenvalue weighted by Gasteiger charge is 2.10. The fourth-order valence-corrected chi connectivity index (χ4v) is 2.61. The van der Waals surface area contributed by atoms with Gasteiger partial charge in [-0.15, -0.1) is 0 Å². The molecule has 0 aliphatic rings. The zero-order valence-electron chi connectivity index (χ0n) is 11.9. The van der Waals surface area contributed by atoms with Crippen molar-refractivity contribution in [3.63, 3.8) is 0 Å². The van der Waals surface area contributed by atoms with Crippen LogP contribution in [0.1, 0.15) is 0 Å². The van der Waals surface area contributed by atoms with E-state index in [4.69, 9.17) is 4.74 Å². The van der Waals surface area contributed by atoms with E-state index in [0.717, 1.165) is 22.3 Å². The number of aromatic amines is 1. The van der Waals surface area contributed by atoms with Crippen LogP contribution < -0.4 is 10.3 Å². The number of fused-ring (bicyclic) bond motifs is 3. The lowest BCUT2D eigenvalue weighted by atomic mass is 10.2. The Labute approximate surface area is 125 Å². The third-order valence-corrected chi connectivity index (χ3v) is 3.71. The second kappa shape index (κ2) is 4.73. The van der Waals surface area contributed by atoms with Crippen LogP contribution >= 0.6 is 0 Å². The number of hydrogen-bond donors (Lipinski definition) is 1. The number of aromatic nitrogens is 3. The maximum absolute atomic E-state index is 12.2. The molecule has 0 aliphatic heterocycles. The average molecular weight is 291 g/mol. The zero-order valence-corrected chi connectivity index (χ0v) is 11.9. The van der Waals surface area contributed by atoms with Crippen LogP contribution in [0.5, 0.6) is 5.75 Å². The summed E-state index contributed by atoms with van der Waals surface area (Å²) in [7, 11) is 1.62. The van der Waals surface area contributed by atoms with Gasteiger partial charge in [0.1, 0.15) is 11.3 Å². The lowest BCUT2D eigenvalue weighted by Gasteiger charge is -2.03.